The number of thioether (sulfide) groups is 1. The van der Waals surface area contributed by atoms with Crippen LogP contribution in [0.15, 0.2) is 58.1 Å². The van der Waals surface area contributed by atoms with Crippen molar-refractivity contribution in [3.8, 4) is 22.9 Å². The summed E-state index contributed by atoms with van der Waals surface area (Å²) < 4.78 is 12.6. The highest BCUT2D eigenvalue weighted by atomic mass is 35.5. The van der Waals surface area contributed by atoms with Gasteiger partial charge in [-0.15, -0.1) is 15.3 Å². The van der Waals surface area contributed by atoms with Crippen LogP contribution in [0.25, 0.3) is 17.1 Å². The van der Waals surface area contributed by atoms with Crippen LogP contribution in [-0.2, 0) is 0 Å². The zero-order chi connectivity index (χ0) is 19.5. The third-order valence-electron chi connectivity index (χ3n) is 3.90. The largest absolute Gasteiger partial charge is 0.497 e. The van der Waals surface area contributed by atoms with Crippen molar-refractivity contribution in [3.63, 3.8) is 0 Å². The van der Waals surface area contributed by atoms with Crippen molar-refractivity contribution in [1.29, 1.82) is 0 Å². The molecule has 10 heteroatoms. The maximum atomic E-state index is 6.07. The second-order valence-corrected chi connectivity index (χ2v) is 7.53. The highest BCUT2D eigenvalue weighted by Crippen LogP contribution is 2.34. The number of nitrogens with zero attached hydrogens (tertiary/aromatic N) is 6. The minimum Gasteiger partial charge on any atom is -0.497 e. The molecule has 0 amide bonds. The second kappa shape index (κ2) is 7.99. The molecule has 0 saturated carbocycles. The van der Waals surface area contributed by atoms with Crippen LogP contribution in [0.4, 0.5) is 0 Å². The van der Waals surface area contributed by atoms with Crippen LogP contribution < -0.4 is 4.74 Å². The second-order valence-electron chi connectivity index (χ2n) is 5.79. The Morgan fingerprint density at radius 3 is 2.68 bits per heavy atom. The van der Waals surface area contributed by atoms with Gasteiger partial charge in [-0.3, -0.25) is 0 Å². The molecule has 4 rings (SSSR count). The molecular weight excluding hydrogens is 400 g/mol. The molecule has 28 heavy (non-hydrogen) atoms. The highest BCUT2D eigenvalue weighted by molar-refractivity contribution is 7.99. The minimum absolute atomic E-state index is 0.150. The standard InChI is InChI=1S/C18H15ClN6O2S/c1-11(16-20-21-17(27-16)12-6-8-15(26-2)9-7-12)28-18-22-23-24-25(18)14-5-3-4-13(19)10-14/h3-11H,1-2H3/t11-/m0/s1. The average molecular weight is 415 g/mol. The average Bonchev–Trinajstić information content (AvgIpc) is 3.38. The normalized spacial score (nSPS) is 12.1. The van der Waals surface area contributed by atoms with E-state index in [1.165, 1.54) is 11.8 Å². The van der Waals surface area contributed by atoms with Crippen molar-refractivity contribution in [2.75, 3.05) is 7.11 Å². The lowest BCUT2D eigenvalue weighted by Crippen LogP contribution is -2.00. The summed E-state index contributed by atoms with van der Waals surface area (Å²) >= 11 is 7.48. The Hall–Kier alpha value is -2.91. The number of halogens is 1. The Morgan fingerprint density at radius 1 is 1.11 bits per heavy atom. The molecule has 2 heterocycles. The summed E-state index contributed by atoms with van der Waals surface area (Å²) in [5.74, 6) is 1.69. The monoisotopic (exact) mass is 414 g/mol. The fraction of sp³-hybridized carbons (Fsp3) is 0.167. The fourth-order valence-electron chi connectivity index (χ4n) is 2.48. The molecule has 2 aromatic heterocycles. The first-order chi connectivity index (χ1) is 13.6. The Bertz CT molecular complexity index is 1080. The third kappa shape index (κ3) is 3.85. The number of benzene rings is 2. The summed E-state index contributed by atoms with van der Waals surface area (Å²) in [6.07, 6.45) is 0. The summed E-state index contributed by atoms with van der Waals surface area (Å²) in [7, 11) is 1.62. The molecule has 2 aromatic carbocycles. The van der Waals surface area contributed by atoms with Gasteiger partial charge in [-0.05, 0) is 59.8 Å². The van der Waals surface area contributed by atoms with Gasteiger partial charge in [-0.1, -0.05) is 29.4 Å². The molecule has 1 atom stereocenters. The lowest BCUT2D eigenvalue weighted by Gasteiger charge is -2.07. The smallest absolute Gasteiger partial charge is 0.247 e. The van der Waals surface area contributed by atoms with Crippen molar-refractivity contribution in [1.82, 2.24) is 30.4 Å². The van der Waals surface area contributed by atoms with Crippen LogP contribution in [0.5, 0.6) is 5.75 Å². The highest BCUT2D eigenvalue weighted by Gasteiger charge is 2.20. The molecule has 0 spiro atoms. The molecule has 0 N–H and O–H groups in total. The number of hydrogen-bond donors (Lipinski definition) is 0. The maximum absolute atomic E-state index is 6.07. The van der Waals surface area contributed by atoms with E-state index < -0.39 is 0 Å². The van der Waals surface area contributed by atoms with Gasteiger partial charge in [0.2, 0.25) is 16.9 Å². The van der Waals surface area contributed by atoms with Crippen LogP contribution in [0, 0.1) is 0 Å². The van der Waals surface area contributed by atoms with Crippen LogP contribution in [-0.4, -0.2) is 37.5 Å². The van der Waals surface area contributed by atoms with E-state index in [1.807, 2.05) is 43.3 Å². The predicted molar refractivity (Wildman–Crippen MR) is 105 cm³/mol. The van der Waals surface area contributed by atoms with Crippen molar-refractivity contribution >= 4 is 23.4 Å². The summed E-state index contributed by atoms with van der Waals surface area (Å²) in [5, 5.41) is 21.3. The van der Waals surface area contributed by atoms with E-state index in [2.05, 4.69) is 25.7 Å². The van der Waals surface area contributed by atoms with Gasteiger partial charge < -0.3 is 9.15 Å². The molecule has 0 radical (unpaired) electrons. The summed E-state index contributed by atoms with van der Waals surface area (Å²) in [6, 6.07) is 14.7. The van der Waals surface area contributed by atoms with E-state index in [1.54, 1.807) is 23.9 Å². The van der Waals surface area contributed by atoms with Gasteiger partial charge in [0.25, 0.3) is 0 Å². The Kier molecular flexibility index (Phi) is 5.27. The van der Waals surface area contributed by atoms with Gasteiger partial charge in [-0.25, -0.2) is 0 Å². The minimum atomic E-state index is -0.150. The summed E-state index contributed by atoms with van der Waals surface area (Å²) in [6.45, 7) is 1.95. The van der Waals surface area contributed by atoms with Gasteiger partial charge in [0.1, 0.15) is 5.75 Å². The first-order valence-corrected chi connectivity index (χ1v) is 9.58. The molecule has 0 aliphatic heterocycles. The molecule has 8 nitrogen and oxygen atoms in total. The van der Waals surface area contributed by atoms with Gasteiger partial charge in [-0.2, -0.15) is 4.68 Å². The van der Waals surface area contributed by atoms with Gasteiger partial charge >= 0.3 is 0 Å². The molecule has 4 aromatic rings. The topological polar surface area (TPSA) is 91.8 Å². The summed E-state index contributed by atoms with van der Waals surface area (Å²) in [5.41, 5.74) is 1.59. The Balaban J connectivity index is 1.53. The predicted octanol–water partition coefficient (Wildman–Crippen LogP) is 4.23. The van der Waals surface area contributed by atoms with Gasteiger partial charge in [0.15, 0.2) is 0 Å². The molecule has 0 bridgehead atoms. The molecule has 0 fully saturated rings. The molecule has 0 aliphatic carbocycles. The lowest BCUT2D eigenvalue weighted by atomic mass is 10.2. The number of aromatic nitrogens is 6. The zero-order valence-electron chi connectivity index (χ0n) is 15.0. The van der Waals surface area contributed by atoms with Crippen LogP contribution >= 0.6 is 23.4 Å². The van der Waals surface area contributed by atoms with Crippen molar-refractivity contribution in [3.05, 3.63) is 59.4 Å². The lowest BCUT2D eigenvalue weighted by molar-refractivity contribution is 0.415. The van der Waals surface area contributed by atoms with Crippen LogP contribution in [0.3, 0.4) is 0 Å². The number of tetrazole rings is 1. The maximum Gasteiger partial charge on any atom is 0.247 e. The van der Waals surface area contributed by atoms with Crippen LogP contribution in [0.2, 0.25) is 5.02 Å². The van der Waals surface area contributed by atoms with Crippen molar-refractivity contribution < 1.29 is 9.15 Å². The van der Waals surface area contributed by atoms with E-state index in [0.717, 1.165) is 17.0 Å². The van der Waals surface area contributed by atoms with Crippen molar-refractivity contribution in [2.24, 2.45) is 0 Å². The van der Waals surface area contributed by atoms with Crippen LogP contribution in [0.1, 0.15) is 18.1 Å². The quantitative estimate of drug-likeness (QED) is 0.433. The Labute approximate surface area is 169 Å². The number of methoxy groups -OCH3 is 1. The van der Waals surface area contributed by atoms with Gasteiger partial charge in [0.05, 0.1) is 18.0 Å². The summed E-state index contributed by atoms with van der Waals surface area (Å²) in [4.78, 5) is 0. The third-order valence-corrected chi connectivity index (χ3v) is 5.16. The van der Waals surface area contributed by atoms with E-state index in [9.17, 15) is 0 Å². The first kappa shape index (κ1) is 18.5. The van der Waals surface area contributed by atoms with E-state index in [-0.39, 0.29) is 5.25 Å². The fourth-order valence-corrected chi connectivity index (χ4v) is 3.50. The number of ether oxygens (including phenoxy) is 1. The first-order valence-electron chi connectivity index (χ1n) is 8.33. The van der Waals surface area contributed by atoms with Gasteiger partial charge in [0, 0.05) is 10.6 Å². The molecule has 142 valence electrons. The number of hydrogen-bond acceptors (Lipinski definition) is 8. The van der Waals surface area contributed by atoms with E-state index in [0.29, 0.717) is 22.0 Å². The van der Waals surface area contributed by atoms with E-state index >= 15 is 0 Å². The molecule has 0 aliphatic rings. The molecule has 0 unspecified atom stereocenters. The molecule has 0 saturated heterocycles. The Morgan fingerprint density at radius 2 is 1.93 bits per heavy atom. The number of rotatable bonds is 6. The van der Waals surface area contributed by atoms with E-state index in [4.69, 9.17) is 20.8 Å². The zero-order valence-corrected chi connectivity index (χ0v) is 16.6. The molecular formula is C18H15ClN6O2S. The SMILES string of the molecule is COc1ccc(-c2nnc([C@H](C)Sc3nnnn3-c3cccc(Cl)c3)o2)cc1. The van der Waals surface area contributed by atoms with Crippen molar-refractivity contribution in [2.45, 2.75) is 17.3 Å².